The SMILES string of the molecule is CCCCNC(=O)[C@@H](Cc1ccccc1)N(Cc1ccc(Cl)cc1Cl)C(=O)CSc1ccccc1. The number of hydrogen-bond acceptors (Lipinski definition) is 3. The van der Waals surface area contributed by atoms with Crippen LogP contribution in [0.5, 0.6) is 0 Å². The Hall–Kier alpha value is -2.47. The molecule has 0 aliphatic heterocycles. The van der Waals surface area contributed by atoms with Crippen LogP contribution in [0.15, 0.2) is 83.8 Å². The highest BCUT2D eigenvalue weighted by Gasteiger charge is 2.30. The fourth-order valence-electron chi connectivity index (χ4n) is 3.64. The minimum atomic E-state index is -0.676. The number of amides is 2. The molecule has 0 unspecified atom stereocenters. The molecule has 2 amide bonds. The van der Waals surface area contributed by atoms with Gasteiger partial charge in [0.25, 0.3) is 0 Å². The number of unbranched alkanes of at least 4 members (excludes halogenated alkanes) is 1. The minimum absolute atomic E-state index is 0.128. The third-order valence-electron chi connectivity index (χ3n) is 5.56. The second kappa shape index (κ2) is 14.2. The first-order valence-electron chi connectivity index (χ1n) is 11.7. The second-order valence-corrected chi connectivity index (χ2v) is 10.1. The third kappa shape index (κ3) is 8.60. The number of thioether (sulfide) groups is 1. The summed E-state index contributed by atoms with van der Waals surface area (Å²) in [5.74, 6) is -0.0789. The molecule has 35 heavy (non-hydrogen) atoms. The van der Waals surface area contributed by atoms with Crippen LogP contribution in [0.2, 0.25) is 10.0 Å². The number of rotatable bonds is 12. The molecule has 0 saturated heterocycles. The fourth-order valence-corrected chi connectivity index (χ4v) is 4.91. The monoisotopic (exact) mass is 528 g/mol. The van der Waals surface area contributed by atoms with Crippen molar-refractivity contribution >= 4 is 46.8 Å². The first-order chi connectivity index (χ1) is 17.0. The standard InChI is InChI=1S/C28H30Cl2N2O2S/c1-2-3-16-31-28(34)26(17-21-10-6-4-7-11-21)32(19-22-14-15-23(29)18-25(22)30)27(33)20-35-24-12-8-5-9-13-24/h4-15,18,26H,2-3,16-17,19-20H2,1H3,(H,31,34)/t26-/m1/s1. The van der Waals surface area contributed by atoms with Gasteiger partial charge in [-0.2, -0.15) is 0 Å². The Bertz CT molecular complexity index is 1100. The van der Waals surface area contributed by atoms with Crippen LogP contribution in [0.3, 0.4) is 0 Å². The van der Waals surface area contributed by atoms with Gasteiger partial charge in [0.05, 0.1) is 5.75 Å². The van der Waals surface area contributed by atoms with Crippen molar-refractivity contribution in [3.63, 3.8) is 0 Å². The van der Waals surface area contributed by atoms with Gasteiger partial charge in [-0.3, -0.25) is 9.59 Å². The second-order valence-electron chi connectivity index (χ2n) is 8.21. The molecule has 0 heterocycles. The molecule has 0 aromatic heterocycles. The Labute approximate surface area is 222 Å². The summed E-state index contributed by atoms with van der Waals surface area (Å²) in [6.45, 7) is 2.86. The van der Waals surface area contributed by atoms with Gasteiger partial charge in [-0.05, 0) is 41.8 Å². The molecular formula is C28H30Cl2N2O2S. The Morgan fingerprint density at radius 1 is 0.971 bits per heavy atom. The van der Waals surface area contributed by atoms with Crippen LogP contribution in [-0.4, -0.2) is 35.1 Å². The maximum atomic E-state index is 13.6. The zero-order chi connectivity index (χ0) is 25.0. The molecule has 3 aromatic carbocycles. The van der Waals surface area contributed by atoms with Gasteiger partial charge in [0.15, 0.2) is 0 Å². The molecule has 3 rings (SSSR count). The molecule has 0 bridgehead atoms. The summed E-state index contributed by atoms with van der Waals surface area (Å²) in [7, 11) is 0. The number of carbonyl (C=O) groups excluding carboxylic acids is 2. The topological polar surface area (TPSA) is 49.4 Å². The van der Waals surface area contributed by atoms with Gasteiger partial charge in [-0.15, -0.1) is 11.8 Å². The van der Waals surface area contributed by atoms with Gasteiger partial charge in [0.1, 0.15) is 6.04 Å². The smallest absolute Gasteiger partial charge is 0.243 e. The maximum Gasteiger partial charge on any atom is 0.243 e. The largest absolute Gasteiger partial charge is 0.354 e. The lowest BCUT2D eigenvalue weighted by atomic mass is 10.0. The van der Waals surface area contributed by atoms with E-state index in [4.69, 9.17) is 23.2 Å². The molecule has 1 N–H and O–H groups in total. The van der Waals surface area contributed by atoms with Crippen LogP contribution in [0.25, 0.3) is 0 Å². The first-order valence-corrected chi connectivity index (χ1v) is 13.4. The van der Waals surface area contributed by atoms with E-state index in [-0.39, 0.29) is 24.1 Å². The number of hydrogen-bond donors (Lipinski definition) is 1. The zero-order valence-electron chi connectivity index (χ0n) is 19.8. The number of nitrogens with one attached hydrogen (secondary N) is 1. The Balaban J connectivity index is 1.91. The number of nitrogens with zero attached hydrogens (tertiary/aromatic N) is 1. The molecule has 0 fully saturated rings. The molecule has 0 radical (unpaired) electrons. The van der Waals surface area contributed by atoms with Gasteiger partial charge in [-0.1, -0.05) is 91.1 Å². The Kier molecular flexibility index (Phi) is 11.0. The van der Waals surface area contributed by atoms with Crippen LogP contribution >= 0.6 is 35.0 Å². The summed E-state index contributed by atoms with van der Waals surface area (Å²) >= 11 is 14.0. The summed E-state index contributed by atoms with van der Waals surface area (Å²) in [5, 5.41) is 4.02. The predicted octanol–water partition coefficient (Wildman–Crippen LogP) is 6.64. The lowest BCUT2D eigenvalue weighted by molar-refractivity contribution is -0.139. The van der Waals surface area contributed by atoms with E-state index in [1.807, 2.05) is 66.7 Å². The Morgan fingerprint density at radius 2 is 1.66 bits per heavy atom. The molecule has 3 aromatic rings. The number of carbonyl (C=O) groups is 2. The highest BCUT2D eigenvalue weighted by atomic mass is 35.5. The highest BCUT2D eigenvalue weighted by molar-refractivity contribution is 8.00. The van der Waals surface area contributed by atoms with E-state index in [2.05, 4.69) is 12.2 Å². The van der Waals surface area contributed by atoms with Crippen LogP contribution in [0.4, 0.5) is 0 Å². The molecule has 7 heteroatoms. The first kappa shape index (κ1) is 27.1. The summed E-state index contributed by atoms with van der Waals surface area (Å²) < 4.78 is 0. The van der Waals surface area contributed by atoms with Crippen molar-refractivity contribution in [2.75, 3.05) is 12.3 Å². The molecule has 1 atom stereocenters. The molecular weight excluding hydrogens is 499 g/mol. The van der Waals surface area contributed by atoms with Gasteiger partial charge in [-0.25, -0.2) is 0 Å². The van der Waals surface area contributed by atoms with E-state index in [1.165, 1.54) is 11.8 Å². The fraction of sp³-hybridized carbons (Fsp3) is 0.286. The van der Waals surface area contributed by atoms with Crippen LogP contribution in [0, 0.1) is 0 Å². The minimum Gasteiger partial charge on any atom is -0.354 e. The van der Waals surface area contributed by atoms with E-state index < -0.39 is 6.04 Å². The lowest BCUT2D eigenvalue weighted by Crippen LogP contribution is -2.51. The van der Waals surface area contributed by atoms with Crippen LogP contribution in [-0.2, 0) is 22.6 Å². The summed E-state index contributed by atoms with van der Waals surface area (Å²) in [4.78, 5) is 29.7. The third-order valence-corrected chi connectivity index (χ3v) is 7.15. The maximum absolute atomic E-state index is 13.6. The Morgan fingerprint density at radius 3 is 2.31 bits per heavy atom. The normalized spacial score (nSPS) is 11.6. The van der Waals surface area contributed by atoms with Crippen molar-refractivity contribution in [1.82, 2.24) is 10.2 Å². The quantitative estimate of drug-likeness (QED) is 0.211. The van der Waals surface area contributed by atoms with Crippen molar-refractivity contribution < 1.29 is 9.59 Å². The van der Waals surface area contributed by atoms with Gasteiger partial charge >= 0.3 is 0 Å². The summed E-state index contributed by atoms with van der Waals surface area (Å²) in [6.07, 6.45) is 2.26. The van der Waals surface area contributed by atoms with E-state index in [0.717, 1.165) is 28.9 Å². The van der Waals surface area contributed by atoms with E-state index in [9.17, 15) is 9.59 Å². The van der Waals surface area contributed by atoms with E-state index in [1.54, 1.807) is 17.0 Å². The molecule has 4 nitrogen and oxygen atoms in total. The number of halogens is 2. The molecule has 0 aliphatic rings. The predicted molar refractivity (Wildman–Crippen MR) is 146 cm³/mol. The molecule has 0 aliphatic carbocycles. The summed E-state index contributed by atoms with van der Waals surface area (Å²) in [5.41, 5.74) is 1.73. The van der Waals surface area contributed by atoms with Crippen molar-refractivity contribution in [2.24, 2.45) is 0 Å². The highest BCUT2D eigenvalue weighted by Crippen LogP contribution is 2.25. The summed E-state index contributed by atoms with van der Waals surface area (Å²) in [6, 6.07) is 24.1. The average Bonchev–Trinajstić information content (AvgIpc) is 2.87. The molecule has 0 spiro atoms. The van der Waals surface area contributed by atoms with E-state index >= 15 is 0 Å². The number of benzene rings is 3. The van der Waals surface area contributed by atoms with Crippen LogP contribution in [0.1, 0.15) is 30.9 Å². The van der Waals surface area contributed by atoms with Gasteiger partial charge in [0, 0.05) is 34.5 Å². The van der Waals surface area contributed by atoms with Crippen molar-refractivity contribution in [3.05, 3.63) is 100 Å². The van der Waals surface area contributed by atoms with E-state index in [0.29, 0.717) is 23.0 Å². The molecule has 184 valence electrons. The molecule has 0 saturated carbocycles. The van der Waals surface area contributed by atoms with Gasteiger partial charge in [0.2, 0.25) is 11.8 Å². The van der Waals surface area contributed by atoms with Crippen molar-refractivity contribution in [3.8, 4) is 0 Å². The van der Waals surface area contributed by atoms with Gasteiger partial charge < -0.3 is 10.2 Å². The van der Waals surface area contributed by atoms with Crippen LogP contribution < -0.4 is 5.32 Å². The average molecular weight is 530 g/mol. The zero-order valence-corrected chi connectivity index (χ0v) is 22.1. The van der Waals surface area contributed by atoms with Crippen molar-refractivity contribution in [2.45, 2.75) is 43.7 Å². The van der Waals surface area contributed by atoms with Crippen molar-refractivity contribution in [1.29, 1.82) is 0 Å². The lowest BCUT2D eigenvalue weighted by Gasteiger charge is -2.32.